The molecular formula is C22H20Cl2FN3O. The van der Waals surface area contributed by atoms with Gasteiger partial charge in [-0.15, -0.1) is 0 Å². The molecule has 3 aliphatic rings. The SMILES string of the molecule is N=C1CN(C2CCCC2)[C@@]2(C(=O)Nc3cc(Cl)ccc32)[C@H]1c1cccc(Cl)c1F. The highest BCUT2D eigenvalue weighted by Crippen LogP contribution is 2.56. The first-order valence-electron chi connectivity index (χ1n) is 9.84. The second-order valence-electron chi connectivity index (χ2n) is 8.08. The van der Waals surface area contributed by atoms with E-state index in [1.165, 1.54) is 6.07 Å². The van der Waals surface area contributed by atoms with Gasteiger partial charge < -0.3 is 10.7 Å². The highest BCUT2D eigenvalue weighted by molar-refractivity contribution is 6.31. The number of carbonyl (C=O) groups excluding carboxylic acids is 1. The summed E-state index contributed by atoms with van der Waals surface area (Å²) in [4.78, 5) is 15.7. The van der Waals surface area contributed by atoms with E-state index in [4.69, 9.17) is 28.6 Å². The molecule has 1 saturated heterocycles. The number of nitrogens with zero attached hydrogens (tertiary/aromatic N) is 1. The summed E-state index contributed by atoms with van der Waals surface area (Å²) in [5, 5.41) is 12.3. The first-order valence-corrected chi connectivity index (χ1v) is 10.6. The molecule has 0 unspecified atom stereocenters. The Kier molecular flexibility index (Phi) is 4.46. The van der Waals surface area contributed by atoms with Gasteiger partial charge in [0.1, 0.15) is 11.4 Å². The average molecular weight is 432 g/mol. The molecule has 2 atom stereocenters. The van der Waals surface area contributed by atoms with Crippen LogP contribution in [0.2, 0.25) is 10.0 Å². The Hall–Kier alpha value is -1.95. The van der Waals surface area contributed by atoms with Crippen LogP contribution in [-0.2, 0) is 10.3 Å². The van der Waals surface area contributed by atoms with Crippen molar-refractivity contribution in [1.82, 2.24) is 4.90 Å². The van der Waals surface area contributed by atoms with Gasteiger partial charge >= 0.3 is 0 Å². The normalized spacial score (nSPS) is 27.1. The van der Waals surface area contributed by atoms with Crippen LogP contribution in [0.5, 0.6) is 0 Å². The number of rotatable bonds is 2. The molecule has 7 heteroatoms. The monoisotopic (exact) mass is 431 g/mol. The average Bonchev–Trinajstić information content (AvgIpc) is 3.37. The van der Waals surface area contributed by atoms with Gasteiger partial charge in [0, 0.05) is 40.1 Å². The van der Waals surface area contributed by atoms with Crippen molar-refractivity contribution < 1.29 is 9.18 Å². The molecule has 5 rings (SSSR count). The predicted molar refractivity (Wildman–Crippen MR) is 113 cm³/mol. The molecule has 1 saturated carbocycles. The third kappa shape index (κ3) is 2.61. The van der Waals surface area contributed by atoms with Gasteiger partial charge in [0.25, 0.3) is 5.91 Å². The molecule has 2 aromatic carbocycles. The summed E-state index contributed by atoms with van der Waals surface area (Å²) >= 11 is 12.3. The number of likely N-dealkylation sites (tertiary alicyclic amines) is 1. The Balaban J connectivity index is 1.78. The van der Waals surface area contributed by atoms with Gasteiger partial charge in [-0.25, -0.2) is 4.39 Å². The highest BCUT2D eigenvalue weighted by Gasteiger charge is 2.64. The molecule has 2 N–H and O–H groups in total. The van der Waals surface area contributed by atoms with Gasteiger partial charge in [0.15, 0.2) is 0 Å². The predicted octanol–water partition coefficient (Wildman–Crippen LogP) is 5.34. The van der Waals surface area contributed by atoms with Crippen molar-refractivity contribution in [2.75, 3.05) is 11.9 Å². The van der Waals surface area contributed by atoms with E-state index in [1.54, 1.807) is 24.3 Å². The van der Waals surface area contributed by atoms with E-state index in [2.05, 4.69) is 10.2 Å². The second kappa shape index (κ2) is 6.79. The van der Waals surface area contributed by atoms with E-state index in [0.29, 0.717) is 28.5 Å². The van der Waals surface area contributed by atoms with Crippen LogP contribution >= 0.6 is 23.2 Å². The smallest absolute Gasteiger partial charge is 0.250 e. The van der Waals surface area contributed by atoms with E-state index < -0.39 is 17.3 Å². The number of fused-ring (bicyclic) bond motifs is 2. The molecule has 2 aromatic rings. The lowest BCUT2D eigenvalue weighted by Gasteiger charge is -2.40. The zero-order valence-electron chi connectivity index (χ0n) is 15.6. The molecule has 1 amide bonds. The first-order chi connectivity index (χ1) is 13.9. The summed E-state index contributed by atoms with van der Waals surface area (Å²) < 4.78 is 15.1. The highest BCUT2D eigenvalue weighted by atomic mass is 35.5. The molecule has 2 fully saturated rings. The van der Waals surface area contributed by atoms with E-state index in [1.807, 2.05) is 6.07 Å². The minimum Gasteiger partial charge on any atom is -0.324 e. The Morgan fingerprint density at radius 3 is 2.69 bits per heavy atom. The van der Waals surface area contributed by atoms with Crippen molar-refractivity contribution in [2.45, 2.75) is 43.2 Å². The number of halogens is 3. The molecule has 1 spiro atoms. The quantitative estimate of drug-likeness (QED) is 0.673. The van der Waals surface area contributed by atoms with Crippen molar-refractivity contribution in [2.24, 2.45) is 0 Å². The van der Waals surface area contributed by atoms with Crippen molar-refractivity contribution >= 4 is 40.5 Å². The number of carbonyl (C=O) groups is 1. The lowest BCUT2D eigenvalue weighted by molar-refractivity contribution is -0.128. The molecule has 0 bridgehead atoms. The number of amides is 1. The standard InChI is InChI=1S/C22H20Cl2FN3O/c23-12-8-9-15-18(10-12)27-21(29)22(15)19(14-6-3-7-16(24)20(14)25)17(26)11-28(22)13-4-1-2-5-13/h3,6-10,13,19,26H,1-2,4-5,11H2,(H,27,29)/t19-,22+/m0/s1. The van der Waals surface area contributed by atoms with Gasteiger partial charge in [-0.2, -0.15) is 0 Å². The maximum Gasteiger partial charge on any atom is 0.250 e. The number of hydrogen-bond acceptors (Lipinski definition) is 3. The van der Waals surface area contributed by atoms with Crippen LogP contribution in [-0.4, -0.2) is 29.1 Å². The summed E-state index contributed by atoms with van der Waals surface area (Å²) in [5.41, 5.74) is 0.840. The van der Waals surface area contributed by atoms with E-state index in [9.17, 15) is 4.79 Å². The summed E-state index contributed by atoms with van der Waals surface area (Å²) in [6, 6.07) is 10.3. The fraction of sp³-hybridized carbons (Fsp3) is 0.364. The molecule has 29 heavy (non-hydrogen) atoms. The van der Waals surface area contributed by atoms with Crippen molar-refractivity contribution in [3.8, 4) is 0 Å². The number of nitrogens with one attached hydrogen (secondary N) is 2. The summed E-state index contributed by atoms with van der Waals surface area (Å²) in [6.45, 7) is 0.330. The summed E-state index contributed by atoms with van der Waals surface area (Å²) in [5.74, 6) is -1.54. The Morgan fingerprint density at radius 2 is 1.93 bits per heavy atom. The number of benzene rings is 2. The van der Waals surface area contributed by atoms with E-state index in [-0.39, 0.29) is 17.0 Å². The van der Waals surface area contributed by atoms with E-state index >= 15 is 4.39 Å². The van der Waals surface area contributed by atoms with Crippen molar-refractivity contribution in [3.63, 3.8) is 0 Å². The Labute approximate surface area is 178 Å². The van der Waals surface area contributed by atoms with Gasteiger partial charge in [0.05, 0.1) is 10.9 Å². The zero-order chi connectivity index (χ0) is 20.3. The molecule has 1 aliphatic carbocycles. The second-order valence-corrected chi connectivity index (χ2v) is 8.92. The van der Waals surface area contributed by atoms with Crippen molar-refractivity contribution in [1.29, 1.82) is 5.41 Å². The minimum absolute atomic E-state index is 0.000462. The molecule has 0 radical (unpaired) electrons. The van der Waals surface area contributed by atoms with Gasteiger partial charge in [-0.3, -0.25) is 9.69 Å². The van der Waals surface area contributed by atoms with Gasteiger partial charge in [0.2, 0.25) is 0 Å². The van der Waals surface area contributed by atoms with Gasteiger partial charge in [-0.1, -0.05) is 54.2 Å². The maximum atomic E-state index is 15.1. The molecule has 2 heterocycles. The fourth-order valence-electron chi connectivity index (χ4n) is 5.47. The zero-order valence-corrected chi connectivity index (χ0v) is 17.2. The molecule has 150 valence electrons. The largest absolute Gasteiger partial charge is 0.324 e. The topological polar surface area (TPSA) is 56.2 Å². The fourth-order valence-corrected chi connectivity index (χ4v) is 5.82. The molecule has 0 aromatic heterocycles. The lowest BCUT2D eigenvalue weighted by atomic mass is 9.74. The van der Waals surface area contributed by atoms with Crippen LogP contribution < -0.4 is 5.32 Å². The number of hydrogen-bond donors (Lipinski definition) is 2. The van der Waals surface area contributed by atoms with E-state index in [0.717, 1.165) is 31.2 Å². The third-order valence-corrected chi connectivity index (χ3v) is 7.13. The van der Waals surface area contributed by atoms with Gasteiger partial charge in [-0.05, 0) is 31.0 Å². The number of anilines is 1. The lowest BCUT2D eigenvalue weighted by Crippen LogP contribution is -2.53. The molecular weight excluding hydrogens is 412 g/mol. The Bertz CT molecular complexity index is 1040. The third-order valence-electron chi connectivity index (χ3n) is 6.60. The maximum absolute atomic E-state index is 15.1. The van der Waals surface area contributed by atoms with Crippen LogP contribution in [0.3, 0.4) is 0 Å². The van der Waals surface area contributed by atoms with Crippen molar-refractivity contribution in [3.05, 3.63) is 63.4 Å². The van der Waals surface area contributed by atoms with Crippen LogP contribution in [0.15, 0.2) is 36.4 Å². The minimum atomic E-state index is -1.17. The van der Waals surface area contributed by atoms with Crippen LogP contribution in [0.25, 0.3) is 0 Å². The summed E-state index contributed by atoms with van der Waals surface area (Å²) in [7, 11) is 0. The first kappa shape index (κ1) is 19.0. The van der Waals surface area contributed by atoms with Crippen LogP contribution in [0.4, 0.5) is 10.1 Å². The van der Waals surface area contributed by atoms with Crippen LogP contribution in [0, 0.1) is 11.2 Å². The molecule has 2 aliphatic heterocycles. The summed E-state index contributed by atoms with van der Waals surface area (Å²) in [6.07, 6.45) is 4.12. The molecule has 4 nitrogen and oxygen atoms in total. The van der Waals surface area contributed by atoms with Crippen LogP contribution in [0.1, 0.15) is 42.7 Å². The Morgan fingerprint density at radius 1 is 1.17 bits per heavy atom.